The number of amides is 6. The normalized spacial score (nSPS) is 10.7. The number of carboxylic acids is 1. The maximum atomic E-state index is 12.5. The summed E-state index contributed by atoms with van der Waals surface area (Å²) in [5, 5.41) is 21.9. The van der Waals surface area contributed by atoms with Gasteiger partial charge in [0.1, 0.15) is 12.6 Å². The number of nitrogens with one attached hydrogen (secondary N) is 6. The molecule has 0 bridgehead atoms. The number of aliphatic imine (C=N–C) groups is 1. The molecule has 0 aliphatic heterocycles. The van der Waals surface area contributed by atoms with Gasteiger partial charge in [-0.1, -0.05) is 0 Å². The van der Waals surface area contributed by atoms with Crippen LogP contribution in [-0.2, 0) is 33.6 Å². The molecule has 0 spiro atoms. The van der Waals surface area contributed by atoms with Crippen LogP contribution in [-0.4, -0.2) is 104 Å². The Balaban J connectivity index is 4.72. The zero-order valence-electron chi connectivity index (χ0n) is 19.4. The number of carbonyl (C=O) groups excluding carboxylic acids is 6. The highest BCUT2D eigenvalue weighted by Crippen LogP contribution is 1.99. The fourth-order valence-corrected chi connectivity index (χ4v) is 2.28. The third-order valence-electron chi connectivity index (χ3n) is 3.98. The second-order valence-corrected chi connectivity index (χ2v) is 6.99. The molecule has 0 rings (SSSR count). The molecule has 0 radical (unpaired) electrons. The summed E-state index contributed by atoms with van der Waals surface area (Å²) in [4.78, 5) is 84.8. The molecule has 36 heavy (non-hydrogen) atoms. The van der Waals surface area contributed by atoms with Crippen molar-refractivity contribution < 1.29 is 38.7 Å². The van der Waals surface area contributed by atoms with Crippen molar-refractivity contribution in [3.63, 3.8) is 0 Å². The van der Waals surface area contributed by atoms with E-state index in [9.17, 15) is 33.6 Å². The van der Waals surface area contributed by atoms with E-state index in [1.807, 2.05) is 5.32 Å². The molecule has 0 aromatic carbocycles. The molecular weight excluding hydrogens is 484 g/mol. The first-order chi connectivity index (χ1) is 16.9. The Kier molecular flexibility index (Phi) is 15.7. The lowest BCUT2D eigenvalue weighted by atomic mass is 10.1. The van der Waals surface area contributed by atoms with Gasteiger partial charge in [-0.15, -0.1) is 0 Å². The number of aliphatic carboxylic acids is 1. The van der Waals surface area contributed by atoms with E-state index in [1.54, 1.807) is 0 Å². The van der Waals surface area contributed by atoms with Gasteiger partial charge >= 0.3 is 5.97 Å². The lowest BCUT2D eigenvalue weighted by Gasteiger charge is -2.18. The standard InChI is InChI=1S/C18H32N10O8/c19-4-11(29)23-5-12(30)25-8-15(33)28-10(2-1-3-22-18(20)21)17(36)27-7-14(32)24-6-13(31)26-9-16(34)35/h10H,1-9,19H2,(H,23,29)(H,24,32)(H,25,30)(H,26,31)(H,27,36)(H,28,33)(H,34,35)(H4,20,21,22)/t10-/m0/s1. The summed E-state index contributed by atoms with van der Waals surface area (Å²) in [6.45, 7) is -2.70. The molecule has 0 saturated heterocycles. The van der Waals surface area contributed by atoms with Crippen molar-refractivity contribution in [1.82, 2.24) is 31.9 Å². The molecule has 0 aliphatic carbocycles. The van der Waals surface area contributed by atoms with E-state index in [2.05, 4.69) is 31.6 Å². The molecule has 0 unspecified atom stereocenters. The smallest absolute Gasteiger partial charge is 0.322 e. The van der Waals surface area contributed by atoms with Crippen LogP contribution in [0.4, 0.5) is 0 Å². The second-order valence-electron chi connectivity index (χ2n) is 6.99. The molecule has 0 aromatic rings. The summed E-state index contributed by atoms with van der Waals surface area (Å²) in [6.07, 6.45) is 0.359. The maximum absolute atomic E-state index is 12.5. The van der Waals surface area contributed by atoms with Crippen LogP contribution in [0.2, 0.25) is 0 Å². The van der Waals surface area contributed by atoms with E-state index in [1.165, 1.54) is 0 Å². The Bertz CT molecular complexity index is 844. The topological polar surface area (TPSA) is 302 Å². The fourth-order valence-electron chi connectivity index (χ4n) is 2.28. The summed E-state index contributed by atoms with van der Waals surface area (Å²) in [5.74, 6) is -5.59. The van der Waals surface area contributed by atoms with Gasteiger partial charge in [-0.05, 0) is 12.8 Å². The van der Waals surface area contributed by atoms with Gasteiger partial charge in [0.25, 0.3) is 0 Å². The van der Waals surface area contributed by atoms with Crippen molar-refractivity contribution in [3.8, 4) is 0 Å². The molecule has 0 heterocycles. The first-order valence-electron chi connectivity index (χ1n) is 10.6. The number of nitrogens with two attached hydrogens (primary N) is 3. The highest BCUT2D eigenvalue weighted by atomic mass is 16.4. The minimum atomic E-state index is -1.26. The number of nitrogens with zero attached hydrogens (tertiary/aromatic N) is 1. The van der Waals surface area contributed by atoms with Gasteiger partial charge < -0.3 is 54.2 Å². The van der Waals surface area contributed by atoms with Gasteiger partial charge in [0.05, 0.1) is 32.7 Å². The molecule has 18 nitrogen and oxygen atoms in total. The number of hydrogen-bond acceptors (Lipinski definition) is 9. The fraction of sp³-hybridized carbons (Fsp3) is 0.556. The van der Waals surface area contributed by atoms with Gasteiger partial charge in [0, 0.05) is 6.54 Å². The van der Waals surface area contributed by atoms with E-state index in [0.29, 0.717) is 0 Å². The van der Waals surface area contributed by atoms with E-state index in [0.717, 1.165) is 0 Å². The molecule has 0 fully saturated rings. The zero-order chi connectivity index (χ0) is 27.5. The Labute approximate surface area is 205 Å². The zero-order valence-corrected chi connectivity index (χ0v) is 19.4. The Hall–Kier alpha value is -4.48. The van der Waals surface area contributed by atoms with Crippen LogP contribution in [0.1, 0.15) is 12.8 Å². The van der Waals surface area contributed by atoms with Crippen molar-refractivity contribution in [2.75, 3.05) is 45.8 Å². The van der Waals surface area contributed by atoms with Gasteiger partial charge in [0.2, 0.25) is 35.4 Å². The first-order valence-corrected chi connectivity index (χ1v) is 10.6. The highest BCUT2D eigenvalue weighted by Gasteiger charge is 2.21. The maximum Gasteiger partial charge on any atom is 0.322 e. The van der Waals surface area contributed by atoms with Crippen molar-refractivity contribution >= 4 is 47.4 Å². The summed E-state index contributed by atoms with van der Waals surface area (Å²) >= 11 is 0. The largest absolute Gasteiger partial charge is 0.480 e. The average Bonchev–Trinajstić information content (AvgIpc) is 2.83. The third kappa shape index (κ3) is 17.1. The van der Waals surface area contributed by atoms with E-state index < -0.39 is 80.2 Å². The third-order valence-corrected chi connectivity index (χ3v) is 3.98. The molecule has 18 heteroatoms. The molecule has 6 amide bonds. The first kappa shape index (κ1) is 31.5. The lowest BCUT2D eigenvalue weighted by Crippen LogP contribution is -2.52. The van der Waals surface area contributed by atoms with Crippen LogP contribution >= 0.6 is 0 Å². The second kappa shape index (κ2) is 17.9. The molecule has 13 N–H and O–H groups in total. The Morgan fingerprint density at radius 3 is 1.67 bits per heavy atom. The lowest BCUT2D eigenvalue weighted by molar-refractivity contribution is -0.137. The summed E-state index contributed by atoms with van der Waals surface area (Å²) in [5.41, 5.74) is 15.6. The van der Waals surface area contributed by atoms with Gasteiger partial charge in [-0.25, -0.2) is 0 Å². The quantitative estimate of drug-likeness (QED) is 0.0492. The number of guanidine groups is 1. The van der Waals surface area contributed by atoms with Gasteiger partial charge in [-0.3, -0.25) is 38.6 Å². The number of carbonyl (C=O) groups is 7. The number of rotatable bonds is 17. The summed E-state index contributed by atoms with van der Waals surface area (Å²) in [7, 11) is 0. The number of carboxylic acid groups (broad SMARTS) is 1. The average molecular weight is 517 g/mol. The highest BCUT2D eigenvalue weighted by molar-refractivity contribution is 5.93. The van der Waals surface area contributed by atoms with Crippen molar-refractivity contribution in [2.45, 2.75) is 18.9 Å². The van der Waals surface area contributed by atoms with Crippen LogP contribution in [0.5, 0.6) is 0 Å². The van der Waals surface area contributed by atoms with Crippen LogP contribution in [0.15, 0.2) is 4.99 Å². The van der Waals surface area contributed by atoms with Crippen LogP contribution in [0, 0.1) is 0 Å². The summed E-state index contributed by atoms with van der Waals surface area (Å²) in [6, 6.07) is -1.12. The van der Waals surface area contributed by atoms with Gasteiger partial charge in [-0.2, -0.15) is 0 Å². The summed E-state index contributed by atoms with van der Waals surface area (Å²) < 4.78 is 0. The van der Waals surface area contributed by atoms with Crippen LogP contribution in [0.3, 0.4) is 0 Å². The molecular formula is C18H32N10O8. The molecule has 0 aliphatic rings. The van der Waals surface area contributed by atoms with Crippen LogP contribution < -0.4 is 49.1 Å². The van der Waals surface area contributed by atoms with Crippen LogP contribution in [0.25, 0.3) is 0 Å². The number of hydrogen-bond donors (Lipinski definition) is 10. The molecule has 1 atom stereocenters. The van der Waals surface area contributed by atoms with Crippen molar-refractivity contribution in [1.29, 1.82) is 0 Å². The van der Waals surface area contributed by atoms with Gasteiger partial charge in [0.15, 0.2) is 5.96 Å². The minimum Gasteiger partial charge on any atom is -0.480 e. The predicted molar refractivity (Wildman–Crippen MR) is 124 cm³/mol. The predicted octanol–water partition coefficient (Wildman–Crippen LogP) is -6.85. The molecule has 0 saturated carbocycles. The minimum absolute atomic E-state index is 0.0775. The van der Waals surface area contributed by atoms with E-state index >= 15 is 0 Å². The van der Waals surface area contributed by atoms with E-state index in [4.69, 9.17) is 22.3 Å². The van der Waals surface area contributed by atoms with Crippen molar-refractivity contribution in [2.24, 2.45) is 22.2 Å². The van der Waals surface area contributed by atoms with E-state index in [-0.39, 0.29) is 31.9 Å². The Morgan fingerprint density at radius 2 is 1.17 bits per heavy atom. The SMILES string of the molecule is NCC(=O)NCC(=O)NCC(=O)N[C@@H](CCCN=C(N)N)C(=O)NCC(=O)NCC(=O)NCC(=O)O. The monoisotopic (exact) mass is 516 g/mol. The molecule has 202 valence electrons. The molecule has 0 aromatic heterocycles. The van der Waals surface area contributed by atoms with Crippen molar-refractivity contribution in [3.05, 3.63) is 0 Å². The Morgan fingerprint density at radius 1 is 0.694 bits per heavy atom.